The first kappa shape index (κ1) is 19.2. The minimum atomic E-state index is -0.264. The van der Waals surface area contributed by atoms with E-state index in [9.17, 15) is 9.59 Å². The van der Waals surface area contributed by atoms with Crippen LogP contribution in [0.4, 0.5) is 5.13 Å². The van der Waals surface area contributed by atoms with Gasteiger partial charge in [0.25, 0.3) is 5.91 Å². The second kappa shape index (κ2) is 8.51. The van der Waals surface area contributed by atoms with Gasteiger partial charge in [-0.2, -0.15) is 0 Å². The highest BCUT2D eigenvalue weighted by molar-refractivity contribution is 9.10. The molecule has 1 N–H and O–H groups in total. The van der Waals surface area contributed by atoms with Crippen molar-refractivity contribution in [2.45, 2.75) is 0 Å². The van der Waals surface area contributed by atoms with Gasteiger partial charge >= 0.3 is 0 Å². The highest BCUT2D eigenvalue weighted by Gasteiger charge is 2.12. The molecule has 0 saturated heterocycles. The van der Waals surface area contributed by atoms with Crippen molar-refractivity contribution in [3.63, 3.8) is 0 Å². The van der Waals surface area contributed by atoms with Crippen molar-refractivity contribution in [1.29, 1.82) is 0 Å². The predicted molar refractivity (Wildman–Crippen MR) is 120 cm³/mol. The number of benzene rings is 3. The Kier molecular flexibility index (Phi) is 5.64. The fraction of sp³-hybridized carbons (Fsp3) is 0. The summed E-state index contributed by atoms with van der Waals surface area (Å²) < 4.78 is 0.999. The van der Waals surface area contributed by atoms with Crippen molar-refractivity contribution in [3.8, 4) is 11.3 Å². The number of thiazole rings is 1. The summed E-state index contributed by atoms with van der Waals surface area (Å²) in [5.41, 5.74) is 3.41. The Morgan fingerprint density at radius 2 is 1.41 bits per heavy atom. The van der Waals surface area contributed by atoms with Crippen molar-refractivity contribution < 1.29 is 9.59 Å². The Hall–Kier alpha value is -3.09. The van der Waals surface area contributed by atoms with Crippen molar-refractivity contribution in [3.05, 3.63) is 105 Å². The quantitative estimate of drug-likeness (QED) is 0.366. The minimum Gasteiger partial charge on any atom is -0.298 e. The monoisotopic (exact) mass is 462 g/mol. The number of hydrogen-bond donors (Lipinski definition) is 1. The molecule has 0 unspecified atom stereocenters. The van der Waals surface area contributed by atoms with E-state index >= 15 is 0 Å². The number of halogens is 1. The summed E-state index contributed by atoms with van der Waals surface area (Å²) in [4.78, 5) is 29.5. The van der Waals surface area contributed by atoms with Gasteiger partial charge in [0.1, 0.15) is 0 Å². The molecule has 0 radical (unpaired) electrons. The first-order valence-corrected chi connectivity index (χ1v) is 10.5. The van der Waals surface area contributed by atoms with Gasteiger partial charge in [0.15, 0.2) is 10.9 Å². The molecule has 0 aliphatic heterocycles. The molecular formula is C23H15BrN2O2S. The molecule has 0 saturated carbocycles. The predicted octanol–water partition coefficient (Wildman–Crippen LogP) is 6.06. The molecule has 0 aliphatic rings. The molecular weight excluding hydrogens is 448 g/mol. The van der Waals surface area contributed by atoms with E-state index in [0.29, 0.717) is 21.8 Å². The number of nitrogens with zero attached hydrogens (tertiary/aromatic N) is 1. The third kappa shape index (κ3) is 4.50. The second-order valence-corrected chi connectivity index (χ2v) is 8.05. The van der Waals surface area contributed by atoms with Crippen LogP contribution in [0.3, 0.4) is 0 Å². The molecule has 0 aliphatic carbocycles. The summed E-state index contributed by atoms with van der Waals surface area (Å²) >= 11 is 4.78. The number of aromatic nitrogens is 1. The van der Waals surface area contributed by atoms with Gasteiger partial charge in [-0.25, -0.2) is 4.98 Å². The molecule has 1 aromatic heterocycles. The molecule has 29 heavy (non-hydrogen) atoms. The number of ketones is 1. The number of nitrogens with one attached hydrogen (secondary N) is 1. The normalized spacial score (nSPS) is 10.5. The van der Waals surface area contributed by atoms with Gasteiger partial charge < -0.3 is 0 Å². The summed E-state index contributed by atoms with van der Waals surface area (Å²) in [6.45, 7) is 0. The molecule has 1 heterocycles. The average Bonchev–Trinajstić information content (AvgIpc) is 3.23. The zero-order chi connectivity index (χ0) is 20.2. The van der Waals surface area contributed by atoms with Gasteiger partial charge in [-0.3, -0.25) is 14.9 Å². The van der Waals surface area contributed by atoms with E-state index in [1.165, 1.54) is 11.3 Å². The van der Waals surface area contributed by atoms with Crippen molar-refractivity contribution in [2.24, 2.45) is 0 Å². The molecule has 4 nitrogen and oxygen atoms in total. The van der Waals surface area contributed by atoms with Gasteiger partial charge in [-0.15, -0.1) is 11.3 Å². The summed E-state index contributed by atoms with van der Waals surface area (Å²) in [6, 6.07) is 23.5. The highest BCUT2D eigenvalue weighted by Crippen LogP contribution is 2.26. The van der Waals surface area contributed by atoms with E-state index in [1.54, 1.807) is 36.4 Å². The SMILES string of the molecule is O=C(Nc1nc(-c2ccc(Br)cc2)cs1)c1ccc(C(=O)c2ccccc2)cc1. The van der Waals surface area contributed by atoms with Crippen LogP contribution in [0.25, 0.3) is 11.3 Å². The third-order valence-electron chi connectivity index (χ3n) is 4.31. The molecule has 4 rings (SSSR count). The lowest BCUT2D eigenvalue weighted by molar-refractivity contribution is 0.102. The van der Waals surface area contributed by atoms with Gasteiger partial charge in [0, 0.05) is 32.1 Å². The van der Waals surface area contributed by atoms with Gasteiger partial charge in [0.2, 0.25) is 0 Å². The Labute approximate surface area is 180 Å². The van der Waals surface area contributed by atoms with Crippen LogP contribution in [-0.2, 0) is 0 Å². The zero-order valence-electron chi connectivity index (χ0n) is 15.1. The maximum atomic E-state index is 12.5. The van der Waals surface area contributed by atoms with Gasteiger partial charge in [-0.05, 0) is 24.3 Å². The largest absolute Gasteiger partial charge is 0.298 e. The lowest BCUT2D eigenvalue weighted by Gasteiger charge is -2.04. The fourth-order valence-electron chi connectivity index (χ4n) is 2.78. The topological polar surface area (TPSA) is 59.1 Å². The fourth-order valence-corrected chi connectivity index (χ4v) is 3.76. The molecule has 4 aromatic rings. The average molecular weight is 463 g/mol. The van der Waals surface area contributed by atoms with E-state index in [-0.39, 0.29) is 11.7 Å². The molecule has 142 valence electrons. The van der Waals surface area contributed by atoms with E-state index in [4.69, 9.17) is 0 Å². The van der Waals surface area contributed by atoms with Crippen LogP contribution in [-0.4, -0.2) is 16.7 Å². The Bertz CT molecular complexity index is 1150. The number of carbonyl (C=O) groups excluding carboxylic acids is 2. The molecule has 3 aromatic carbocycles. The lowest BCUT2D eigenvalue weighted by atomic mass is 10.0. The number of anilines is 1. The molecule has 1 amide bonds. The number of carbonyl (C=O) groups is 2. The van der Waals surface area contributed by atoms with Crippen molar-refractivity contribution >= 4 is 44.1 Å². The summed E-state index contributed by atoms with van der Waals surface area (Å²) in [5, 5.41) is 5.24. The van der Waals surface area contributed by atoms with Crippen molar-refractivity contribution in [2.75, 3.05) is 5.32 Å². The highest BCUT2D eigenvalue weighted by atomic mass is 79.9. The second-order valence-electron chi connectivity index (χ2n) is 6.27. The molecule has 0 atom stereocenters. The maximum absolute atomic E-state index is 12.5. The van der Waals surface area contributed by atoms with Crippen LogP contribution in [0.1, 0.15) is 26.3 Å². The van der Waals surface area contributed by atoms with Crippen LogP contribution in [0.5, 0.6) is 0 Å². The standard InChI is InChI=1S/C23H15BrN2O2S/c24-19-12-10-15(11-13-19)20-14-29-23(25-20)26-22(28)18-8-6-17(7-9-18)21(27)16-4-2-1-3-5-16/h1-14H,(H,25,26,28). The first-order valence-electron chi connectivity index (χ1n) is 8.83. The molecule has 0 spiro atoms. The number of rotatable bonds is 5. The zero-order valence-corrected chi connectivity index (χ0v) is 17.5. The molecule has 0 fully saturated rings. The summed E-state index contributed by atoms with van der Waals surface area (Å²) in [7, 11) is 0. The van der Waals surface area contributed by atoms with Crippen LogP contribution in [0, 0.1) is 0 Å². The van der Waals surface area contributed by atoms with Crippen LogP contribution in [0.15, 0.2) is 88.7 Å². The van der Waals surface area contributed by atoms with E-state index in [0.717, 1.165) is 15.7 Å². The van der Waals surface area contributed by atoms with Crippen molar-refractivity contribution in [1.82, 2.24) is 4.98 Å². The van der Waals surface area contributed by atoms with Gasteiger partial charge in [0.05, 0.1) is 5.69 Å². The number of amides is 1. The molecule has 6 heteroatoms. The maximum Gasteiger partial charge on any atom is 0.257 e. The van der Waals surface area contributed by atoms with E-state index in [1.807, 2.05) is 47.8 Å². The van der Waals surface area contributed by atoms with Crippen LogP contribution < -0.4 is 5.32 Å². The lowest BCUT2D eigenvalue weighted by Crippen LogP contribution is -2.12. The Balaban J connectivity index is 1.45. The molecule has 0 bridgehead atoms. The summed E-state index contributed by atoms with van der Waals surface area (Å²) in [6.07, 6.45) is 0. The Morgan fingerprint density at radius 3 is 2.10 bits per heavy atom. The van der Waals surface area contributed by atoms with E-state index in [2.05, 4.69) is 26.2 Å². The smallest absolute Gasteiger partial charge is 0.257 e. The number of hydrogen-bond acceptors (Lipinski definition) is 4. The first-order chi connectivity index (χ1) is 14.1. The summed E-state index contributed by atoms with van der Waals surface area (Å²) in [5.74, 6) is -0.336. The van der Waals surface area contributed by atoms with Crippen LogP contribution in [0.2, 0.25) is 0 Å². The van der Waals surface area contributed by atoms with Crippen LogP contribution >= 0.6 is 27.3 Å². The van der Waals surface area contributed by atoms with Gasteiger partial charge in [-0.1, -0.05) is 70.5 Å². The van der Waals surface area contributed by atoms with E-state index < -0.39 is 0 Å². The minimum absolute atomic E-state index is 0.0726. The third-order valence-corrected chi connectivity index (χ3v) is 5.60. The Morgan fingerprint density at radius 1 is 0.793 bits per heavy atom.